The van der Waals surface area contributed by atoms with Crippen molar-refractivity contribution in [2.75, 3.05) is 19.5 Å². The van der Waals surface area contributed by atoms with Crippen molar-refractivity contribution in [1.29, 1.82) is 0 Å². The van der Waals surface area contributed by atoms with Crippen LogP contribution in [0.1, 0.15) is 5.56 Å². The van der Waals surface area contributed by atoms with E-state index in [-0.39, 0.29) is 5.82 Å². The summed E-state index contributed by atoms with van der Waals surface area (Å²) in [5.41, 5.74) is 1.64. The van der Waals surface area contributed by atoms with Gasteiger partial charge in [0, 0.05) is 6.54 Å². The van der Waals surface area contributed by atoms with Gasteiger partial charge < -0.3 is 14.8 Å². The summed E-state index contributed by atoms with van der Waals surface area (Å²) in [6, 6.07) is 8.03. The van der Waals surface area contributed by atoms with E-state index in [1.54, 1.807) is 20.3 Å². The summed E-state index contributed by atoms with van der Waals surface area (Å²) in [6.45, 7) is 0.518. The van der Waals surface area contributed by atoms with Crippen LogP contribution < -0.4 is 14.8 Å². The van der Waals surface area contributed by atoms with Crippen LogP contribution in [-0.4, -0.2) is 14.2 Å². The lowest BCUT2D eigenvalue weighted by atomic mass is 10.2. The first-order chi connectivity index (χ1) is 10.0. The maximum absolute atomic E-state index is 13.0. The first-order valence-corrected chi connectivity index (χ1v) is 7.31. The van der Waals surface area contributed by atoms with Crippen molar-refractivity contribution in [3.8, 4) is 11.5 Å². The van der Waals surface area contributed by atoms with E-state index in [2.05, 4.69) is 21.2 Å². The molecular formula is C15H14BrClFNO2. The van der Waals surface area contributed by atoms with Crippen molar-refractivity contribution in [3.05, 3.63) is 51.2 Å². The van der Waals surface area contributed by atoms with Crippen LogP contribution in [0.25, 0.3) is 0 Å². The highest BCUT2D eigenvalue weighted by atomic mass is 79.9. The molecule has 0 saturated heterocycles. The molecule has 0 fully saturated rings. The highest BCUT2D eigenvalue weighted by molar-refractivity contribution is 9.10. The van der Waals surface area contributed by atoms with Gasteiger partial charge in [-0.3, -0.25) is 0 Å². The molecular weight excluding hydrogens is 361 g/mol. The predicted molar refractivity (Wildman–Crippen MR) is 86.0 cm³/mol. The van der Waals surface area contributed by atoms with E-state index in [0.29, 0.717) is 28.8 Å². The zero-order valence-corrected chi connectivity index (χ0v) is 13.9. The largest absolute Gasteiger partial charge is 0.493 e. The maximum atomic E-state index is 13.0. The molecule has 0 saturated carbocycles. The number of nitrogens with one attached hydrogen (secondary N) is 1. The van der Waals surface area contributed by atoms with E-state index >= 15 is 0 Å². The third kappa shape index (κ3) is 3.80. The van der Waals surface area contributed by atoms with Crippen molar-refractivity contribution in [2.24, 2.45) is 0 Å². The van der Waals surface area contributed by atoms with E-state index in [1.807, 2.05) is 12.1 Å². The Hall–Kier alpha value is -1.46. The molecule has 0 atom stereocenters. The Bertz CT molecular complexity index is 652. The number of ether oxygens (including phenoxy) is 2. The molecule has 2 aromatic rings. The zero-order valence-electron chi connectivity index (χ0n) is 11.5. The SMILES string of the molecule is COc1cc(CNc2ccc(F)cc2Cl)cc(Br)c1OC. The topological polar surface area (TPSA) is 30.5 Å². The highest BCUT2D eigenvalue weighted by Crippen LogP contribution is 2.36. The van der Waals surface area contributed by atoms with Crippen molar-refractivity contribution < 1.29 is 13.9 Å². The van der Waals surface area contributed by atoms with Crippen molar-refractivity contribution in [1.82, 2.24) is 0 Å². The van der Waals surface area contributed by atoms with Crippen LogP contribution in [0, 0.1) is 5.82 Å². The quantitative estimate of drug-likeness (QED) is 0.810. The fourth-order valence-corrected chi connectivity index (χ4v) is 2.79. The number of hydrogen-bond donors (Lipinski definition) is 1. The minimum atomic E-state index is -0.362. The molecule has 0 aliphatic heterocycles. The van der Waals surface area contributed by atoms with E-state index < -0.39 is 0 Å². The second-order valence-electron chi connectivity index (χ2n) is 4.29. The van der Waals surface area contributed by atoms with E-state index in [1.165, 1.54) is 12.1 Å². The molecule has 0 aliphatic rings. The van der Waals surface area contributed by atoms with Gasteiger partial charge in [0.1, 0.15) is 5.82 Å². The number of rotatable bonds is 5. The van der Waals surface area contributed by atoms with Gasteiger partial charge in [0.2, 0.25) is 0 Å². The third-order valence-electron chi connectivity index (χ3n) is 2.91. The normalized spacial score (nSPS) is 10.3. The summed E-state index contributed by atoms with van der Waals surface area (Å²) < 4.78 is 24.3. The van der Waals surface area contributed by atoms with Crippen molar-refractivity contribution in [2.45, 2.75) is 6.54 Å². The smallest absolute Gasteiger partial charge is 0.174 e. The molecule has 0 aromatic heterocycles. The molecule has 3 nitrogen and oxygen atoms in total. The zero-order chi connectivity index (χ0) is 15.4. The lowest BCUT2D eigenvalue weighted by molar-refractivity contribution is 0.352. The minimum Gasteiger partial charge on any atom is -0.493 e. The Balaban J connectivity index is 2.18. The molecule has 0 bridgehead atoms. The van der Waals surface area contributed by atoms with Gasteiger partial charge in [0.05, 0.1) is 29.4 Å². The summed E-state index contributed by atoms with van der Waals surface area (Å²) in [5, 5.41) is 3.50. The lowest BCUT2D eigenvalue weighted by Gasteiger charge is -2.13. The molecule has 2 rings (SSSR count). The first kappa shape index (κ1) is 15.9. The fourth-order valence-electron chi connectivity index (χ4n) is 1.90. The van der Waals surface area contributed by atoms with Crippen LogP contribution in [0.15, 0.2) is 34.8 Å². The molecule has 0 unspecified atom stereocenters. The summed E-state index contributed by atoms with van der Waals surface area (Å²) in [4.78, 5) is 0. The number of benzene rings is 2. The number of anilines is 1. The fraction of sp³-hybridized carbons (Fsp3) is 0.200. The van der Waals surface area contributed by atoms with Crippen LogP contribution >= 0.6 is 27.5 Å². The second kappa shape index (κ2) is 7.00. The monoisotopic (exact) mass is 373 g/mol. The highest BCUT2D eigenvalue weighted by Gasteiger charge is 2.10. The van der Waals surface area contributed by atoms with Crippen molar-refractivity contribution in [3.63, 3.8) is 0 Å². The minimum absolute atomic E-state index is 0.342. The van der Waals surface area contributed by atoms with Crippen molar-refractivity contribution >= 4 is 33.2 Å². The average molecular weight is 375 g/mol. The van der Waals surface area contributed by atoms with Gasteiger partial charge in [-0.1, -0.05) is 11.6 Å². The average Bonchev–Trinajstić information content (AvgIpc) is 2.45. The van der Waals surface area contributed by atoms with Gasteiger partial charge in [-0.25, -0.2) is 4.39 Å². The lowest BCUT2D eigenvalue weighted by Crippen LogP contribution is -2.02. The number of hydrogen-bond acceptors (Lipinski definition) is 3. The predicted octanol–water partition coefficient (Wildman–Crippen LogP) is 4.87. The summed E-state index contributed by atoms with van der Waals surface area (Å²) in [7, 11) is 3.16. The molecule has 0 heterocycles. The Labute approximate surface area is 136 Å². The molecule has 0 aliphatic carbocycles. The van der Waals surface area contributed by atoms with Crippen LogP contribution in [0.2, 0.25) is 5.02 Å². The molecule has 0 spiro atoms. The molecule has 112 valence electrons. The van der Waals surface area contributed by atoms with Gasteiger partial charge in [-0.2, -0.15) is 0 Å². The Morgan fingerprint density at radius 3 is 2.57 bits per heavy atom. The van der Waals surface area contributed by atoms with E-state index in [4.69, 9.17) is 21.1 Å². The summed E-state index contributed by atoms with van der Waals surface area (Å²) >= 11 is 9.42. The molecule has 21 heavy (non-hydrogen) atoms. The third-order valence-corrected chi connectivity index (χ3v) is 3.81. The van der Waals surface area contributed by atoms with E-state index in [0.717, 1.165) is 10.0 Å². The first-order valence-electron chi connectivity index (χ1n) is 6.14. The Kier molecular flexibility index (Phi) is 5.31. The van der Waals surface area contributed by atoms with Gasteiger partial charge >= 0.3 is 0 Å². The molecule has 2 aromatic carbocycles. The second-order valence-corrected chi connectivity index (χ2v) is 5.55. The molecule has 0 amide bonds. The van der Waals surface area contributed by atoms with Crippen LogP contribution in [0.3, 0.4) is 0 Å². The summed E-state index contributed by atoms with van der Waals surface area (Å²) in [6.07, 6.45) is 0. The van der Waals surface area contributed by atoms with E-state index in [9.17, 15) is 4.39 Å². The Morgan fingerprint density at radius 2 is 1.95 bits per heavy atom. The van der Waals surface area contributed by atoms with Gasteiger partial charge in [-0.05, 0) is 51.8 Å². The summed E-state index contributed by atoms with van der Waals surface area (Å²) in [5.74, 6) is 0.911. The molecule has 1 N–H and O–H groups in total. The van der Waals surface area contributed by atoms with Crippen LogP contribution in [0.5, 0.6) is 11.5 Å². The van der Waals surface area contributed by atoms with Gasteiger partial charge in [0.25, 0.3) is 0 Å². The van der Waals surface area contributed by atoms with Crippen LogP contribution in [0.4, 0.5) is 10.1 Å². The molecule has 0 radical (unpaired) electrons. The maximum Gasteiger partial charge on any atom is 0.174 e. The number of methoxy groups -OCH3 is 2. The van der Waals surface area contributed by atoms with Crippen LogP contribution in [-0.2, 0) is 6.54 Å². The van der Waals surface area contributed by atoms with Gasteiger partial charge in [0.15, 0.2) is 11.5 Å². The number of halogens is 3. The molecule has 6 heteroatoms. The Morgan fingerprint density at radius 1 is 1.19 bits per heavy atom. The van der Waals surface area contributed by atoms with Gasteiger partial charge in [-0.15, -0.1) is 0 Å². The standard InChI is InChI=1S/C15H14BrClFNO2/c1-20-14-6-9(5-11(16)15(14)21-2)8-19-13-4-3-10(18)7-12(13)17/h3-7,19H,8H2,1-2H3.